The van der Waals surface area contributed by atoms with Gasteiger partial charge in [0.1, 0.15) is 24.2 Å². The van der Waals surface area contributed by atoms with E-state index in [-0.39, 0.29) is 65.7 Å². The molecule has 26 heteroatoms. The predicted molar refractivity (Wildman–Crippen MR) is 314 cm³/mol. The third-order valence-electron chi connectivity index (χ3n) is 13.3. The largest absolute Gasteiger partial charge is 0.573 e. The van der Waals surface area contributed by atoms with Crippen LogP contribution in [0.2, 0.25) is 5.02 Å². The molecule has 6 aromatic carbocycles. The van der Waals surface area contributed by atoms with Crippen LogP contribution in [0.15, 0.2) is 156 Å². The van der Waals surface area contributed by atoms with Gasteiger partial charge in [0, 0.05) is 29.2 Å². The Labute approximate surface area is 496 Å². The van der Waals surface area contributed by atoms with Gasteiger partial charge in [-0.3, -0.25) is 24.7 Å². The van der Waals surface area contributed by atoms with Gasteiger partial charge in [-0.1, -0.05) is 117 Å². The summed E-state index contributed by atoms with van der Waals surface area (Å²) in [4.78, 5) is 63.6. The summed E-state index contributed by atoms with van der Waals surface area (Å²) in [5.41, 5.74) is 7.45. The maximum absolute atomic E-state index is 14.8. The van der Waals surface area contributed by atoms with Crippen LogP contribution in [0.5, 0.6) is 11.5 Å². The Morgan fingerprint density at radius 3 is 1.76 bits per heavy atom. The quantitative estimate of drug-likeness (QED) is 0.0612. The van der Waals surface area contributed by atoms with Crippen LogP contribution < -0.4 is 29.9 Å². The van der Waals surface area contributed by atoms with Crippen LogP contribution in [0.25, 0.3) is 34.2 Å². The van der Waals surface area contributed by atoms with Crippen molar-refractivity contribution >= 4 is 74.7 Å². The topological polar surface area (TPSA) is 186 Å². The highest BCUT2D eigenvalue weighted by atomic mass is 35.5. The Kier molecular flexibility index (Phi) is 17.8. The maximum Gasteiger partial charge on any atom is 0.573 e. The first kappa shape index (κ1) is 59.6. The molecule has 2 aliphatic heterocycles. The number of urea groups is 1. The monoisotopic (exact) mass is 1220 g/mol. The van der Waals surface area contributed by atoms with E-state index >= 15 is 0 Å². The number of hydrogen-bond acceptors (Lipinski definition) is 13. The summed E-state index contributed by atoms with van der Waals surface area (Å²) in [7, 11) is 0. The predicted octanol–water partition coefficient (Wildman–Crippen LogP) is 13.0. The van der Waals surface area contributed by atoms with Crippen LogP contribution in [0, 0.1) is 0 Å². The van der Waals surface area contributed by atoms with Crippen LogP contribution in [0.4, 0.5) is 42.5 Å². The highest BCUT2D eigenvalue weighted by Crippen LogP contribution is 2.41. The van der Waals surface area contributed by atoms with Gasteiger partial charge in [0.05, 0.1) is 40.4 Å². The van der Waals surface area contributed by atoms with Crippen molar-refractivity contribution in [3.8, 4) is 45.6 Å². The summed E-state index contributed by atoms with van der Waals surface area (Å²) in [6.07, 6.45) is -6.53. The fraction of sp³-hybridized carbons (Fsp3) is 0.237. The average Bonchev–Trinajstić information content (AvgIpc) is 2.28. The molecule has 2 aromatic heterocycles. The van der Waals surface area contributed by atoms with Crippen molar-refractivity contribution in [1.29, 1.82) is 0 Å². The Hall–Kier alpha value is -8.52. The molecule has 438 valence electrons. The van der Waals surface area contributed by atoms with Gasteiger partial charge in [-0.2, -0.15) is 4.99 Å². The minimum atomic E-state index is -4.83. The third kappa shape index (κ3) is 14.7. The molecular weight excluding hydrogens is 1170 g/mol. The number of alkyl halides is 6. The number of thioether (sulfide) groups is 2. The lowest BCUT2D eigenvalue weighted by molar-refractivity contribution is -0.275. The van der Waals surface area contributed by atoms with Crippen molar-refractivity contribution in [2.75, 3.05) is 22.2 Å². The standard InChI is InChI=1S/C59H51ClF6N12O5S2/c1-34(2)46-21-11-36(25-48(46)77-51(79)30-84-56(77)69-31-67-28-37-7-5-9-39(23-37)52-70-32-75(73-52)42-13-17-44(18-14-42)82-58(61,62)63)26-50-54(80)78(49-27-41(60)12-22-47(49)35(3)4)57(85-50)72-55(81)68-29-38-8-6-10-40(24-38)53-71-33-76(74-53)43-15-19-45(20-16-43)83-59(64,65)66/h5-25,27,32-35,50,67H,26,28-31H2,1-4H3,(H,68,81). The number of ether oxygens (including phenoxy) is 2. The third-order valence-corrected chi connectivity index (χ3v) is 15.6. The molecular formula is C59H51ClF6N12O5S2. The minimum Gasteiger partial charge on any atom is -0.406 e. The summed E-state index contributed by atoms with van der Waals surface area (Å²) in [5, 5.41) is 15.5. The Morgan fingerprint density at radius 1 is 0.671 bits per heavy atom. The van der Waals surface area contributed by atoms with E-state index in [4.69, 9.17) is 16.6 Å². The molecule has 10 rings (SSSR count). The number of benzene rings is 6. The number of carbonyl (C=O) groups is 3. The first-order valence-corrected chi connectivity index (χ1v) is 28.6. The molecule has 0 bridgehead atoms. The number of amides is 4. The number of nitrogens with one attached hydrogen (secondary N) is 2. The van der Waals surface area contributed by atoms with Gasteiger partial charge < -0.3 is 14.8 Å². The zero-order valence-electron chi connectivity index (χ0n) is 45.6. The Balaban J connectivity index is 0.822. The van der Waals surface area contributed by atoms with Gasteiger partial charge >= 0.3 is 18.8 Å². The Bertz CT molecular complexity index is 3840. The minimum absolute atomic E-state index is 0.00293. The summed E-state index contributed by atoms with van der Waals surface area (Å²) in [5.74, 6) is -0.335. The normalized spacial score (nSPS) is 15.8. The molecule has 0 aliphatic carbocycles. The Morgan fingerprint density at radius 2 is 1.21 bits per heavy atom. The number of amidine groups is 2. The van der Waals surface area contributed by atoms with Crippen molar-refractivity contribution in [2.24, 2.45) is 9.98 Å². The lowest BCUT2D eigenvalue weighted by Gasteiger charge is -2.23. The van der Waals surface area contributed by atoms with E-state index in [9.17, 15) is 40.7 Å². The van der Waals surface area contributed by atoms with Crippen LogP contribution in [-0.4, -0.2) is 88.1 Å². The molecule has 0 radical (unpaired) electrons. The number of rotatable bonds is 18. The molecule has 4 amide bonds. The number of hydrogen-bond donors (Lipinski definition) is 2. The summed E-state index contributed by atoms with van der Waals surface area (Å²) < 4.78 is 86.9. The van der Waals surface area contributed by atoms with E-state index in [1.54, 1.807) is 41.3 Å². The first-order chi connectivity index (χ1) is 40.6. The SMILES string of the molecule is CC(C)c1ccc(CC2SC(=NC(=O)NCc3cccc(-c4ncn(-c5ccc(OC(F)(F)F)cc5)n4)c3)N(c3cc(Cl)ccc3C(C)C)C2=O)cc1N1C(=O)CSC1=NCNCc1cccc(-c2ncn(-c3ccc(OC(F)(F)F)cc3)n2)c1. The molecule has 2 N–H and O–H groups in total. The van der Waals surface area contributed by atoms with Crippen molar-refractivity contribution in [2.45, 2.75) is 77.0 Å². The molecule has 1 atom stereocenters. The van der Waals surface area contributed by atoms with Gasteiger partial charge in [0.15, 0.2) is 22.0 Å². The number of carbonyl (C=O) groups excluding carboxylic acids is 3. The molecule has 4 heterocycles. The second-order valence-corrected chi connectivity index (χ2v) is 22.5. The van der Waals surface area contributed by atoms with E-state index in [2.05, 4.69) is 45.3 Å². The highest BCUT2D eigenvalue weighted by Gasteiger charge is 2.41. The van der Waals surface area contributed by atoms with Crippen LogP contribution >= 0.6 is 35.1 Å². The maximum atomic E-state index is 14.8. The lowest BCUT2D eigenvalue weighted by Crippen LogP contribution is -2.35. The van der Waals surface area contributed by atoms with Crippen LogP contribution in [0.3, 0.4) is 0 Å². The van der Waals surface area contributed by atoms with Crippen molar-refractivity contribution < 1.29 is 50.2 Å². The second-order valence-electron chi connectivity index (χ2n) is 20.0. The summed E-state index contributed by atoms with van der Waals surface area (Å²) in [6, 6.07) is 35.5. The van der Waals surface area contributed by atoms with Crippen LogP contribution in [-0.2, 0) is 29.1 Å². The number of anilines is 2. The average molecular weight is 1220 g/mol. The zero-order valence-corrected chi connectivity index (χ0v) is 48.0. The lowest BCUT2D eigenvalue weighted by atomic mass is 9.96. The summed E-state index contributed by atoms with van der Waals surface area (Å²) >= 11 is 9.05. The highest BCUT2D eigenvalue weighted by molar-refractivity contribution is 8.16. The van der Waals surface area contributed by atoms with Gasteiger partial charge in [-0.15, -0.1) is 36.5 Å². The zero-order chi connectivity index (χ0) is 60.2. The molecule has 2 fully saturated rings. The first-order valence-electron chi connectivity index (χ1n) is 26.4. The second kappa shape index (κ2) is 25.4. The van der Waals surface area contributed by atoms with Gasteiger partial charge in [0.25, 0.3) is 0 Å². The fourth-order valence-electron chi connectivity index (χ4n) is 9.33. The number of aliphatic imine (C=N–C) groups is 2. The van der Waals surface area contributed by atoms with Gasteiger partial charge in [-0.05, 0) is 125 Å². The van der Waals surface area contributed by atoms with E-state index < -0.39 is 24.0 Å². The molecule has 0 saturated carbocycles. The van der Waals surface area contributed by atoms with Gasteiger partial charge in [-0.25, -0.2) is 29.1 Å². The molecule has 8 aromatic rings. The number of nitrogens with zero attached hydrogens (tertiary/aromatic N) is 10. The van der Waals surface area contributed by atoms with Crippen molar-refractivity contribution in [1.82, 2.24) is 40.2 Å². The van der Waals surface area contributed by atoms with Crippen LogP contribution in [0.1, 0.15) is 67.3 Å². The molecule has 17 nitrogen and oxygen atoms in total. The number of aromatic nitrogens is 6. The van der Waals surface area contributed by atoms with E-state index in [0.717, 1.165) is 34.0 Å². The smallest absolute Gasteiger partial charge is 0.406 e. The summed E-state index contributed by atoms with van der Waals surface area (Å²) in [6.45, 7) is 8.65. The van der Waals surface area contributed by atoms with E-state index in [1.165, 1.54) is 87.2 Å². The molecule has 2 aliphatic rings. The molecule has 0 spiro atoms. The van der Waals surface area contributed by atoms with E-state index in [1.807, 2.05) is 76.2 Å². The molecule has 85 heavy (non-hydrogen) atoms. The van der Waals surface area contributed by atoms with Crippen molar-refractivity contribution in [3.05, 3.63) is 179 Å². The van der Waals surface area contributed by atoms with Gasteiger partial charge in [0.2, 0.25) is 11.8 Å². The van der Waals surface area contributed by atoms with Crippen molar-refractivity contribution in [3.63, 3.8) is 0 Å². The number of halogens is 7. The van der Waals surface area contributed by atoms with E-state index in [0.29, 0.717) is 67.8 Å². The molecule has 2 saturated heterocycles. The molecule has 1 unspecified atom stereocenters. The fourth-order valence-corrected chi connectivity index (χ4v) is 11.5.